The number of fused-ring (bicyclic) bond motifs is 1. The quantitative estimate of drug-likeness (QED) is 0.328. The molecule has 3 rings (SSSR count). The van der Waals surface area contributed by atoms with E-state index in [2.05, 4.69) is 49.7 Å². The Balaban J connectivity index is 1.83. The molecule has 0 fully saturated rings. The fourth-order valence-electron chi connectivity index (χ4n) is 5.44. The van der Waals surface area contributed by atoms with Crippen LogP contribution in [0.5, 0.6) is 11.5 Å². The van der Waals surface area contributed by atoms with Gasteiger partial charge in [0.1, 0.15) is 36.8 Å². The lowest BCUT2D eigenvalue weighted by Crippen LogP contribution is -2.55. The summed E-state index contributed by atoms with van der Waals surface area (Å²) in [5.41, 5.74) is 2.37. The summed E-state index contributed by atoms with van der Waals surface area (Å²) in [4.78, 5) is 55.8. The maximum atomic E-state index is 13.8. The van der Waals surface area contributed by atoms with Gasteiger partial charge in [0.2, 0.25) is 17.7 Å². The van der Waals surface area contributed by atoms with Gasteiger partial charge in [-0.2, -0.15) is 0 Å². The number of carbonyl (C=O) groups is 4. The minimum absolute atomic E-state index is 0.122. The first kappa shape index (κ1) is 36.4. The zero-order valence-electron chi connectivity index (χ0n) is 28.6. The lowest BCUT2D eigenvalue weighted by molar-refractivity contribution is -0.138. The molecule has 0 unspecified atom stereocenters. The molecule has 0 aromatic heterocycles. The average molecular weight is 637 g/mol. The van der Waals surface area contributed by atoms with Gasteiger partial charge in [-0.05, 0) is 66.8 Å². The van der Waals surface area contributed by atoms with Crippen molar-refractivity contribution >= 4 is 23.6 Å². The zero-order valence-corrected chi connectivity index (χ0v) is 28.6. The third-order valence-electron chi connectivity index (χ3n) is 8.09. The summed E-state index contributed by atoms with van der Waals surface area (Å²) >= 11 is 0. The zero-order chi connectivity index (χ0) is 34.0. The summed E-state index contributed by atoms with van der Waals surface area (Å²) in [5.74, 6) is 0.0151. The SMILES string of the molecule is Cc1ccc(C(C)C)cc1OCCNC(=O)[C@@H]1CC(=O)N[C@@H](CC(C)C)C(=O)N(C)[C@@H](CC(C)C)COc2ccccc2C(=O)N1. The number of ether oxygens (including phenoxy) is 2. The van der Waals surface area contributed by atoms with E-state index in [1.54, 1.807) is 36.2 Å². The number of para-hydroxylation sites is 1. The maximum absolute atomic E-state index is 13.8. The Morgan fingerprint density at radius 1 is 1.00 bits per heavy atom. The van der Waals surface area contributed by atoms with Gasteiger partial charge in [0.25, 0.3) is 5.91 Å². The van der Waals surface area contributed by atoms with Crippen LogP contribution in [0.25, 0.3) is 0 Å². The molecule has 0 aliphatic carbocycles. The molecular weight excluding hydrogens is 584 g/mol. The Kier molecular flexibility index (Phi) is 13.5. The van der Waals surface area contributed by atoms with Gasteiger partial charge in [-0.1, -0.05) is 65.8 Å². The van der Waals surface area contributed by atoms with Gasteiger partial charge in [-0.25, -0.2) is 0 Å². The van der Waals surface area contributed by atoms with Gasteiger partial charge in [0.05, 0.1) is 24.6 Å². The van der Waals surface area contributed by atoms with E-state index in [4.69, 9.17) is 9.47 Å². The van der Waals surface area contributed by atoms with Gasteiger partial charge in [0, 0.05) is 7.05 Å². The lowest BCUT2D eigenvalue weighted by atomic mass is 9.99. The van der Waals surface area contributed by atoms with Crippen LogP contribution < -0.4 is 25.4 Å². The largest absolute Gasteiger partial charge is 0.491 e. The van der Waals surface area contributed by atoms with E-state index in [9.17, 15) is 19.2 Å². The van der Waals surface area contributed by atoms with Crippen molar-refractivity contribution in [2.45, 2.75) is 91.8 Å². The Morgan fingerprint density at radius 2 is 1.70 bits per heavy atom. The molecule has 0 spiro atoms. The number of amides is 4. The van der Waals surface area contributed by atoms with Crippen LogP contribution in [0, 0.1) is 18.8 Å². The van der Waals surface area contributed by atoms with Crippen LogP contribution in [-0.2, 0) is 14.4 Å². The van der Waals surface area contributed by atoms with E-state index in [0.717, 1.165) is 16.9 Å². The number of likely N-dealkylation sites (N-methyl/N-ethyl adjacent to an activating group) is 1. The Hall–Kier alpha value is -4.08. The van der Waals surface area contributed by atoms with E-state index < -0.39 is 29.8 Å². The summed E-state index contributed by atoms with van der Waals surface area (Å²) in [6, 6.07) is 10.6. The number of benzene rings is 2. The molecule has 0 bridgehead atoms. The predicted octanol–water partition coefficient (Wildman–Crippen LogP) is 4.60. The van der Waals surface area contributed by atoms with Crippen LogP contribution in [0.2, 0.25) is 0 Å². The molecule has 3 N–H and O–H groups in total. The van der Waals surface area contributed by atoms with Gasteiger partial charge in [-0.15, -0.1) is 0 Å². The minimum Gasteiger partial charge on any atom is -0.491 e. The predicted molar refractivity (Wildman–Crippen MR) is 179 cm³/mol. The highest BCUT2D eigenvalue weighted by atomic mass is 16.5. The molecule has 2 aromatic rings. The number of rotatable bonds is 10. The van der Waals surface area contributed by atoms with Crippen LogP contribution in [0.4, 0.5) is 0 Å². The molecule has 1 aliphatic rings. The number of hydrogen-bond acceptors (Lipinski definition) is 6. The molecular formula is C36H52N4O6. The van der Waals surface area contributed by atoms with E-state index >= 15 is 0 Å². The lowest BCUT2D eigenvalue weighted by Gasteiger charge is -2.33. The van der Waals surface area contributed by atoms with E-state index in [1.807, 2.05) is 32.9 Å². The molecule has 10 nitrogen and oxygen atoms in total. The van der Waals surface area contributed by atoms with Gasteiger partial charge < -0.3 is 30.3 Å². The Labute approximate surface area is 274 Å². The number of carbonyl (C=O) groups excluding carboxylic acids is 4. The number of nitrogens with one attached hydrogen (secondary N) is 3. The molecule has 0 saturated heterocycles. The normalized spacial score (nSPS) is 19.7. The highest BCUT2D eigenvalue weighted by molar-refractivity contribution is 6.01. The first-order chi connectivity index (χ1) is 21.8. The smallest absolute Gasteiger partial charge is 0.255 e. The second kappa shape index (κ2) is 17.0. The highest BCUT2D eigenvalue weighted by Gasteiger charge is 2.33. The summed E-state index contributed by atoms with van der Waals surface area (Å²) < 4.78 is 12.1. The fourth-order valence-corrected chi connectivity index (χ4v) is 5.44. The second-order valence-corrected chi connectivity index (χ2v) is 13.3. The van der Waals surface area contributed by atoms with Crippen LogP contribution in [-0.4, -0.2) is 73.5 Å². The number of hydrogen-bond donors (Lipinski definition) is 3. The standard InChI is InChI=1S/C36H52N4O6/c1-22(2)17-27-21-46-31-12-10-9-11-28(31)34(42)39-29(20-33(41)38-30(18-23(3)4)36(44)40(27)8)35(43)37-15-16-45-32-19-26(24(5)6)14-13-25(32)7/h9-14,19,22-24,27,29-30H,15-18,20-21H2,1-8H3,(H,37,43)(H,38,41)(H,39,42)/t27-,29-,30-/m0/s1. The van der Waals surface area contributed by atoms with Crippen LogP contribution in [0.15, 0.2) is 42.5 Å². The van der Waals surface area contributed by atoms with Crippen molar-refractivity contribution in [3.63, 3.8) is 0 Å². The maximum Gasteiger partial charge on any atom is 0.255 e. The second-order valence-electron chi connectivity index (χ2n) is 13.3. The average Bonchev–Trinajstić information content (AvgIpc) is 2.99. The van der Waals surface area contributed by atoms with Crippen LogP contribution in [0.1, 0.15) is 88.2 Å². The van der Waals surface area contributed by atoms with E-state index in [1.165, 1.54) is 0 Å². The molecule has 252 valence electrons. The van der Waals surface area contributed by atoms with Crippen molar-refractivity contribution in [3.05, 3.63) is 59.2 Å². The van der Waals surface area contributed by atoms with Crippen molar-refractivity contribution in [1.29, 1.82) is 0 Å². The number of nitrogens with zero attached hydrogens (tertiary/aromatic N) is 1. The van der Waals surface area contributed by atoms with Gasteiger partial charge in [-0.3, -0.25) is 19.2 Å². The molecule has 1 aliphatic heterocycles. The molecule has 3 atom stereocenters. The van der Waals surface area contributed by atoms with Crippen molar-refractivity contribution < 1.29 is 28.7 Å². The molecule has 0 radical (unpaired) electrons. The van der Waals surface area contributed by atoms with E-state index in [0.29, 0.717) is 24.5 Å². The van der Waals surface area contributed by atoms with E-state index in [-0.39, 0.29) is 55.5 Å². The Bertz CT molecular complexity index is 1360. The molecule has 10 heteroatoms. The van der Waals surface area contributed by atoms with Gasteiger partial charge in [0.15, 0.2) is 0 Å². The molecule has 0 saturated carbocycles. The minimum atomic E-state index is -1.20. The summed E-state index contributed by atoms with van der Waals surface area (Å²) in [6.07, 6.45) is 0.747. The monoisotopic (exact) mass is 636 g/mol. The molecule has 1 heterocycles. The Morgan fingerprint density at radius 3 is 2.37 bits per heavy atom. The van der Waals surface area contributed by atoms with Crippen LogP contribution >= 0.6 is 0 Å². The van der Waals surface area contributed by atoms with Crippen LogP contribution in [0.3, 0.4) is 0 Å². The summed E-state index contributed by atoms with van der Waals surface area (Å²) in [6.45, 7) is 14.8. The topological polar surface area (TPSA) is 126 Å². The molecule has 4 amide bonds. The third kappa shape index (κ3) is 10.5. The molecule has 46 heavy (non-hydrogen) atoms. The van der Waals surface area contributed by atoms with Crippen molar-refractivity contribution in [3.8, 4) is 11.5 Å². The third-order valence-corrected chi connectivity index (χ3v) is 8.09. The van der Waals surface area contributed by atoms with Crippen molar-refractivity contribution in [1.82, 2.24) is 20.9 Å². The molecule has 2 aromatic carbocycles. The van der Waals surface area contributed by atoms with Crippen molar-refractivity contribution in [2.24, 2.45) is 11.8 Å². The van der Waals surface area contributed by atoms with Crippen molar-refractivity contribution in [2.75, 3.05) is 26.8 Å². The summed E-state index contributed by atoms with van der Waals surface area (Å²) in [7, 11) is 1.72. The first-order valence-corrected chi connectivity index (χ1v) is 16.4. The first-order valence-electron chi connectivity index (χ1n) is 16.4. The summed E-state index contributed by atoms with van der Waals surface area (Å²) in [5, 5.41) is 8.39. The van der Waals surface area contributed by atoms with Gasteiger partial charge >= 0.3 is 0 Å². The fraction of sp³-hybridized carbons (Fsp3) is 0.556. The number of aryl methyl sites for hydroxylation is 1. The highest BCUT2D eigenvalue weighted by Crippen LogP contribution is 2.25.